The van der Waals surface area contributed by atoms with Crippen molar-refractivity contribution in [2.45, 2.75) is 24.6 Å². The Labute approximate surface area is 143 Å². The summed E-state index contributed by atoms with van der Waals surface area (Å²) in [7, 11) is -3.53. The van der Waals surface area contributed by atoms with Crippen LogP contribution in [0.1, 0.15) is 17.4 Å². The number of sulfonamides is 1. The van der Waals surface area contributed by atoms with Crippen molar-refractivity contribution >= 4 is 49.6 Å². The van der Waals surface area contributed by atoms with Crippen molar-refractivity contribution in [1.82, 2.24) is 5.32 Å². The highest BCUT2D eigenvalue weighted by atomic mass is 127. The number of nitrogens with one attached hydrogen (secondary N) is 2. The molecule has 21 heavy (non-hydrogen) atoms. The molecule has 1 aromatic heterocycles. The molecule has 0 saturated carbocycles. The Kier molecular flexibility index (Phi) is 5.64. The molecule has 7 heteroatoms. The summed E-state index contributed by atoms with van der Waals surface area (Å²) in [5.74, 6) is 0. The summed E-state index contributed by atoms with van der Waals surface area (Å²) in [6, 6.07) is 9.06. The lowest BCUT2D eigenvalue weighted by Crippen LogP contribution is -2.12. The summed E-state index contributed by atoms with van der Waals surface area (Å²) in [6.07, 6.45) is 0. The predicted octanol–water partition coefficient (Wildman–Crippen LogP) is 3.57. The van der Waals surface area contributed by atoms with E-state index in [1.165, 1.54) is 11.3 Å². The molecule has 2 aromatic rings. The number of para-hydroxylation sites is 1. The molecule has 2 rings (SSSR count). The number of benzene rings is 1. The van der Waals surface area contributed by atoms with Crippen LogP contribution in [0.2, 0.25) is 0 Å². The number of hydrogen-bond acceptors (Lipinski definition) is 4. The van der Waals surface area contributed by atoms with Crippen molar-refractivity contribution in [2.75, 3.05) is 11.3 Å². The van der Waals surface area contributed by atoms with Gasteiger partial charge in [-0.05, 0) is 59.8 Å². The van der Waals surface area contributed by atoms with Crippen molar-refractivity contribution in [1.29, 1.82) is 0 Å². The lowest BCUT2D eigenvalue weighted by atomic mass is 10.3. The predicted molar refractivity (Wildman–Crippen MR) is 96.4 cm³/mol. The fourth-order valence-corrected chi connectivity index (χ4v) is 5.12. The first-order valence-electron chi connectivity index (χ1n) is 6.51. The minimum Gasteiger partial charge on any atom is -0.312 e. The van der Waals surface area contributed by atoms with E-state index < -0.39 is 10.0 Å². The largest absolute Gasteiger partial charge is 0.312 e. The minimum atomic E-state index is -3.53. The molecule has 1 heterocycles. The van der Waals surface area contributed by atoms with Crippen LogP contribution in [0, 0.1) is 10.5 Å². The maximum atomic E-state index is 12.5. The third kappa shape index (κ3) is 4.18. The molecule has 0 aliphatic rings. The molecule has 114 valence electrons. The number of rotatable bonds is 6. The average Bonchev–Trinajstić information content (AvgIpc) is 2.81. The van der Waals surface area contributed by atoms with Crippen molar-refractivity contribution in [2.24, 2.45) is 0 Å². The number of anilines is 1. The first-order chi connectivity index (χ1) is 9.94. The second-order valence-corrected chi connectivity index (χ2v) is 8.75. The van der Waals surface area contributed by atoms with Crippen LogP contribution in [0.5, 0.6) is 0 Å². The maximum Gasteiger partial charge on any atom is 0.271 e. The lowest BCUT2D eigenvalue weighted by Gasteiger charge is -2.07. The number of halogens is 1. The summed E-state index contributed by atoms with van der Waals surface area (Å²) in [5.41, 5.74) is 1.61. The van der Waals surface area contributed by atoms with Crippen LogP contribution in [-0.4, -0.2) is 15.0 Å². The summed E-state index contributed by atoms with van der Waals surface area (Å²) in [6.45, 7) is 5.53. The summed E-state index contributed by atoms with van der Waals surface area (Å²) in [4.78, 5) is 1.06. The van der Waals surface area contributed by atoms with Gasteiger partial charge in [0.25, 0.3) is 10.0 Å². The molecule has 0 atom stereocenters. The zero-order chi connectivity index (χ0) is 15.5. The molecule has 0 aliphatic carbocycles. The highest BCUT2D eigenvalue weighted by Crippen LogP contribution is 2.28. The minimum absolute atomic E-state index is 0.354. The summed E-state index contributed by atoms with van der Waals surface area (Å²) >= 11 is 3.43. The zero-order valence-electron chi connectivity index (χ0n) is 11.8. The number of hydrogen-bond donors (Lipinski definition) is 2. The lowest BCUT2D eigenvalue weighted by molar-refractivity contribution is 0.603. The molecule has 0 saturated heterocycles. The molecule has 0 bridgehead atoms. The van der Waals surface area contributed by atoms with E-state index in [0.29, 0.717) is 16.4 Å². The van der Waals surface area contributed by atoms with Gasteiger partial charge in [-0.25, -0.2) is 8.42 Å². The molecule has 0 radical (unpaired) electrons. The number of aryl methyl sites for hydroxylation is 1. The Bertz CT molecular complexity index is 726. The second kappa shape index (κ2) is 7.08. The van der Waals surface area contributed by atoms with Crippen LogP contribution < -0.4 is 10.0 Å². The van der Waals surface area contributed by atoms with Gasteiger partial charge >= 0.3 is 0 Å². The van der Waals surface area contributed by atoms with Crippen LogP contribution in [0.4, 0.5) is 5.69 Å². The van der Waals surface area contributed by atoms with E-state index in [1.807, 2.05) is 32.0 Å². The van der Waals surface area contributed by atoms with E-state index in [0.717, 1.165) is 20.6 Å². The third-order valence-corrected chi connectivity index (χ3v) is 6.93. The van der Waals surface area contributed by atoms with Crippen LogP contribution in [0.15, 0.2) is 34.5 Å². The van der Waals surface area contributed by atoms with Crippen molar-refractivity contribution < 1.29 is 8.42 Å². The van der Waals surface area contributed by atoms with E-state index in [9.17, 15) is 8.42 Å². The molecule has 0 unspecified atom stereocenters. The summed E-state index contributed by atoms with van der Waals surface area (Å²) < 4.78 is 28.8. The van der Waals surface area contributed by atoms with Gasteiger partial charge < -0.3 is 5.32 Å². The van der Waals surface area contributed by atoms with E-state index in [4.69, 9.17) is 0 Å². The second-order valence-electron chi connectivity index (χ2n) is 4.54. The Balaban J connectivity index is 2.26. The first-order valence-corrected chi connectivity index (χ1v) is 9.89. The highest BCUT2D eigenvalue weighted by molar-refractivity contribution is 14.1. The Morgan fingerprint density at radius 1 is 1.29 bits per heavy atom. The molecule has 2 N–H and O–H groups in total. The van der Waals surface area contributed by atoms with Gasteiger partial charge in [0.2, 0.25) is 0 Å². The topological polar surface area (TPSA) is 58.2 Å². The molecule has 0 amide bonds. The smallest absolute Gasteiger partial charge is 0.271 e. The highest BCUT2D eigenvalue weighted by Gasteiger charge is 2.19. The standard InChI is InChI=1S/C14H17IN2O2S2/c1-3-16-9-13-10(2)8-14(20-13)21(18,19)17-12-7-5-4-6-11(12)15/h4-8,16-17H,3,9H2,1-2H3. The first kappa shape index (κ1) is 16.7. The van der Waals surface area contributed by atoms with Crippen molar-refractivity contribution in [3.8, 4) is 0 Å². The molecular formula is C14H17IN2O2S2. The molecule has 4 nitrogen and oxygen atoms in total. The Hall–Kier alpha value is -0.640. The van der Waals surface area contributed by atoms with E-state index in [-0.39, 0.29) is 0 Å². The van der Waals surface area contributed by atoms with E-state index >= 15 is 0 Å². The van der Waals surface area contributed by atoms with Gasteiger partial charge in [0, 0.05) is 15.0 Å². The Morgan fingerprint density at radius 3 is 2.67 bits per heavy atom. The third-order valence-electron chi connectivity index (χ3n) is 2.92. The van der Waals surface area contributed by atoms with Crippen molar-refractivity contribution in [3.63, 3.8) is 0 Å². The van der Waals surface area contributed by atoms with Gasteiger partial charge in [-0.3, -0.25) is 4.72 Å². The average molecular weight is 436 g/mol. The van der Waals surface area contributed by atoms with Gasteiger partial charge in [-0.1, -0.05) is 19.1 Å². The Morgan fingerprint density at radius 2 is 2.00 bits per heavy atom. The van der Waals surface area contributed by atoms with E-state index in [1.54, 1.807) is 12.1 Å². The van der Waals surface area contributed by atoms with Gasteiger partial charge in [-0.2, -0.15) is 0 Å². The van der Waals surface area contributed by atoms with E-state index in [2.05, 4.69) is 32.6 Å². The quantitative estimate of drug-likeness (QED) is 0.681. The molecule has 1 aromatic carbocycles. The van der Waals surface area contributed by atoms with Gasteiger partial charge in [-0.15, -0.1) is 11.3 Å². The van der Waals surface area contributed by atoms with Gasteiger partial charge in [0.05, 0.1) is 5.69 Å². The van der Waals surface area contributed by atoms with Crippen LogP contribution in [0.25, 0.3) is 0 Å². The van der Waals surface area contributed by atoms with Crippen LogP contribution in [-0.2, 0) is 16.6 Å². The molecular weight excluding hydrogens is 419 g/mol. The van der Waals surface area contributed by atoms with Crippen molar-refractivity contribution in [3.05, 3.63) is 44.3 Å². The molecule has 0 aliphatic heterocycles. The fourth-order valence-electron chi connectivity index (χ4n) is 1.77. The normalized spacial score (nSPS) is 11.6. The zero-order valence-corrected chi connectivity index (χ0v) is 15.6. The monoisotopic (exact) mass is 436 g/mol. The van der Waals surface area contributed by atoms with Gasteiger partial charge in [0.1, 0.15) is 4.21 Å². The van der Waals surface area contributed by atoms with Gasteiger partial charge in [0.15, 0.2) is 0 Å². The number of thiophene rings is 1. The van der Waals surface area contributed by atoms with Crippen LogP contribution >= 0.6 is 33.9 Å². The summed E-state index contributed by atoms with van der Waals surface area (Å²) in [5, 5.41) is 3.22. The van der Waals surface area contributed by atoms with Crippen LogP contribution in [0.3, 0.4) is 0 Å². The SMILES string of the molecule is CCNCc1sc(S(=O)(=O)Nc2ccccc2I)cc1C. The molecule has 0 fully saturated rings. The molecule has 0 spiro atoms. The fraction of sp³-hybridized carbons (Fsp3) is 0.286. The maximum absolute atomic E-state index is 12.5.